The van der Waals surface area contributed by atoms with Gasteiger partial charge in [0.1, 0.15) is 0 Å². The number of rotatable bonds is 7. The van der Waals surface area contributed by atoms with Crippen LogP contribution in [0.3, 0.4) is 0 Å². The van der Waals surface area contributed by atoms with Gasteiger partial charge in [0.05, 0.1) is 0 Å². The number of amides is 3. The lowest BCUT2D eigenvalue weighted by atomic mass is 9.97. The average Bonchev–Trinajstić information content (AvgIpc) is 2.89. The third kappa shape index (κ3) is 6.36. The Morgan fingerprint density at radius 3 is 2.12 bits per heavy atom. The molecule has 0 radical (unpaired) electrons. The molecule has 0 aromatic heterocycles. The second-order valence-electron chi connectivity index (χ2n) is 8.48. The molecule has 7 heteroatoms. The second kappa shape index (κ2) is 11.3. The summed E-state index contributed by atoms with van der Waals surface area (Å²) in [4.78, 5) is 27.0. The molecule has 176 valence electrons. The van der Waals surface area contributed by atoms with E-state index in [9.17, 15) is 14.7 Å². The van der Waals surface area contributed by atoms with Crippen molar-refractivity contribution >= 4 is 29.0 Å². The Hall–Kier alpha value is -3.84. The number of piperidine rings is 1. The zero-order chi connectivity index (χ0) is 23.8. The molecule has 3 aromatic carbocycles. The second-order valence-corrected chi connectivity index (χ2v) is 8.48. The van der Waals surface area contributed by atoms with Crippen molar-refractivity contribution in [2.75, 3.05) is 35.2 Å². The minimum atomic E-state index is -0.309. The molecule has 1 saturated heterocycles. The highest BCUT2D eigenvalue weighted by Gasteiger charge is 2.18. The molecule has 4 rings (SSSR count). The fraction of sp³-hybridized carbons (Fsp3) is 0.259. The zero-order valence-corrected chi connectivity index (χ0v) is 19.0. The van der Waals surface area contributed by atoms with Gasteiger partial charge in [-0.15, -0.1) is 0 Å². The number of benzene rings is 3. The number of nitrogens with one attached hydrogen (secondary N) is 3. The Bertz CT molecular complexity index is 1080. The Balaban J connectivity index is 1.23. The van der Waals surface area contributed by atoms with E-state index in [1.165, 1.54) is 5.69 Å². The molecular weight excluding hydrogens is 428 g/mol. The van der Waals surface area contributed by atoms with E-state index in [0.29, 0.717) is 23.7 Å². The highest BCUT2D eigenvalue weighted by molar-refractivity contribution is 6.04. The molecule has 7 nitrogen and oxygen atoms in total. The molecule has 0 spiro atoms. The summed E-state index contributed by atoms with van der Waals surface area (Å²) in [5.74, 6) is 0.212. The molecule has 0 atom stereocenters. The van der Waals surface area contributed by atoms with E-state index >= 15 is 0 Å². The van der Waals surface area contributed by atoms with E-state index in [0.717, 1.165) is 37.2 Å². The fourth-order valence-electron chi connectivity index (χ4n) is 3.99. The van der Waals surface area contributed by atoms with E-state index in [-0.39, 0.29) is 18.5 Å². The van der Waals surface area contributed by atoms with Gasteiger partial charge >= 0.3 is 6.03 Å². The van der Waals surface area contributed by atoms with Crippen LogP contribution in [0.5, 0.6) is 0 Å². The van der Waals surface area contributed by atoms with E-state index in [1.807, 2.05) is 42.5 Å². The maximum Gasteiger partial charge on any atom is 0.319 e. The standard InChI is InChI=1S/C27H30N4O3/c32-19-21-14-16-31(17-15-21)25-12-6-20(7-13-25)18-28-27(34)30-24-10-8-22(9-11-24)26(33)29-23-4-2-1-3-5-23/h1-13,21,32H,14-19H2,(H,29,33)(H2,28,30,34). The molecule has 4 N–H and O–H groups in total. The third-order valence-electron chi connectivity index (χ3n) is 6.06. The first kappa shape index (κ1) is 23.3. The van der Waals surface area contributed by atoms with Crippen LogP contribution in [0.2, 0.25) is 0 Å². The number of anilines is 3. The van der Waals surface area contributed by atoms with Crippen LogP contribution >= 0.6 is 0 Å². The first-order valence-electron chi connectivity index (χ1n) is 11.6. The predicted molar refractivity (Wildman–Crippen MR) is 135 cm³/mol. The minimum Gasteiger partial charge on any atom is -0.396 e. The monoisotopic (exact) mass is 458 g/mol. The van der Waals surface area contributed by atoms with Crippen molar-refractivity contribution in [3.05, 3.63) is 90.0 Å². The molecule has 3 aromatic rings. The molecule has 3 amide bonds. The van der Waals surface area contributed by atoms with Crippen molar-refractivity contribution in [1.82, 2.24) is 5.32 Å². The Morgan fingerprint density at radius 2 is 1.47 bits per heavy atom. The zero-order valence-electron chi connectivity index (χ0n) is 19.0. The summed E-state index contributed by atoms with van der Waals surface area (Å²) in [7, 11) is 0. The molecule has 1 aliphatic rings. The van der Waals surface area contributed by atoms with Crippen molar-refractivity contribution in [3.63, 3.8) is 0 Å². The first-order chi connectivity index (χ1) is 16.6. The number of aliphatic hydroxyl groups excluding tert-OH is 1. The summed E-state index contributed by atoms with van der Waals surface area (Å²) in [6, 6.07) is 23.9. The van der Waals surface area contributed by atoms with Crippen LogP contribution in [0.15, 0.2) is 78.9 Å². The van der Waals surface area contributed by atoms with Gasteiger partial charge in [0.15, 0.2) is 0 Å². The number of urea groups is 1. The van der Waals surface area contributed by atoms with Crippen LogP contribution in [0, 0.1) is 5.92 Å². The van der Waals surface area contributed by atoms with Crippen LogP contribution in [0.1, 0.15) is 28.8 Å². The number of aliphatic hydroxyl groups is 1. The highest BCUT2D eigenvalue weighted by atomic mass is 16.3. The average molecular weight is 459 g/mol. The van der Waals surface area contributed by atoms with Crippen molar-refractivity contribution in [1.29, 1.82) is 0 Å². The van der Waals surface area contributed by atoms with Gasteiger partial charge in [-0.3, -0.25) is 4.79 Å². The van der Waals surface area contributed by atoms with Gasteiger partial charge in [-0.1, -0.05) is 30.3 Å². The van der Waals surface area contributed by atoms with Crippen LogP contribution in [0.25, 0.3) is 0 Å². The highest BCUT2D eigenvalue weighted by Crippen LogP contribution is 2.23. The molecule has 34 heavy (non-hydrogen) atoms. The predicted octanol–water partition coefficient (Wildman–Crippen LogP) is 4.47. The summed E-state index contributed by atoms with van der Waals surface area (Å²) >= 11 is 0. The number of para-hydroxylation sites is 1. The number of hydrogen-bond donors (Lipinski definition) is 4. The van der Waals surface area contributed by atoms with Gasteiger partial charge < -0.3 is 26.0 Å². The number of hydrogen-bond acceptors (Lipinski definition) is 4. The lowest BCUT2D eigenvalue weighted by molar-refractivity contribution is 0.102. The van der Waals surface area contributed by atoms with Crippen molar-refractivity contribution < 1.29 is 14.7 Å². The maximum absolute atomic E-state index is 12.3. The Morgan fingerprint density at radius 1 is 0.824 bits per heavy atom. The van der Waals surface area contributed by atoms with Gasteiger partial charge in [-0.25, -0.2) is 4.79 Å². The topological polar surface area (TPSA) is 93.7 Å². The summed E-state index contributed by atoms with van der Waals surface area (Å²) < 4.78 is 0. The fourth-order valence-corrected chi connectivity index (χ4v) is 3.99. The summed E-state index contributed by atoms with van der Waals surface area (Å²) in [6.45, 7) is 2.60. The summed E-state index contributed by atoms with van der Waals surface area (Å²) in [6.07, 6.45) is 2.03. The van der Waals surface area contributed by atoms with Crippen LogP contribution in [-0.2, 0) is 6.54 Å². The van der Waals surface area contributed by atoms with Gasteiger partial charge in [0.25, 0.3) is 5.91 Å². The Kier molecular flexibility index (Phi) is 7.78. The first-order valence-corrected chi connectivity index (χ1v) is 11.6. The third-order valence-corrected chi connectivity index (χ3v) is 6.06. The van der Waals surface area contributed by atoms with E-state index in [2.05, 4.69) is 33.0 Å². The largest absolute Gasteiger partial charge is 0.396 e. The van der Waals surface area contributed by atoms with Crippen molar-refractivity contribution in [3.8, 4) is 0 Å². The van der Waals surface area contributed by atoms with Crippen LogP contribution in [-0.4, -0.2) is 36.7 Å². The van der Waals surface area contributed by atoms with Gasteiger partial charge in [-0.05, 0) is 72.9 Å². The summed E-state index contributed by atoms with van der Waals surface area (Å²) in [5.41, 5.74) is 4.03. The molecule has 1 aliphatic heterocycles. The normalized spacial score (nSPS) is 13.9. The van der Waals surface area contributed by atoms with Gasteiger partial charge in [-0.2, -0.15) is 0 Å². The van der Waals surface area contributed by atoms with Crippen LogP contribution in [0.4, 0.5) is 21.9 Å². The molecule has 1 fully saturated rings. The Labute approximate surface area is 199 Å². The molecule has 0 unspecified atom stereocenters. The smallest absolute Gasteiger partial charge is 0.319 e. The number of carbonyl (C=O) groups excluding carboxylic acids is 2. The van der Waals surface area contributed by atoms with E-state index in [1.54, 1.807) is 24.3 Å². The minimum absolute atomic E-state index is 0.205. The molecule has 0 aliphatic carbocycles. The van der Waals surface area contributed by atoms with Gasteiger partial charge in [0, 0.05) is 48.9 Å². The SMILES string of the molecule is O=C(NCc1ccc(N2CCC(CO)CC2)cc1)Nc1ccc(C(=O)Nc2ccccc2)cc1. The number of nitrogens with zero attached hydrogens (tertiary/aromatic N) is 1. The molecule has 0 saturated carbocycles. The molecule has 1 heterocycles. The molecular formula is C27H30N4O3. The van der Waals surface area contributed by atoms with E-state index in [4.69, 9.17) is 0 Å². The van der Waals surface area contributed by atoms with E-state index < -0.39 is 0 Å². The molecule has 0 bridgehead atoms. The van der Waals surface area contributed by atoms with Gasteiger partial charge in [0.2, 0.25) is 0 Å². The lowest BCUT2D eigenvalue weighted by Gasteiger charge is -2.33. The number of carbonyl (C=O) groups is 2. The van der Waals surface area contributed by atoms with Crippen molar-refractivity contribution in [2.24, 2.45) is 5.92 Å². The summed E-state index contributed by atoms with van der Waals surface area (Å²) in [5, 5.41) is 17.8. The lowest BCUT2D eigenvalue weighted by Crippen LogP contribution is -2.34. The maximum atomic E-state index is 12.3. The van der Waals surface area contributed by atoms with Crippen molar-refractivity contribution in [2.45, 2.75) is 19.4 Å². The van der Waals surface area contributed by atoms with Crippen LogP contribution < -0.4 is 20.9 Å². The quantitative estimate of drug-likeness (QED) is 0.420.